The molecule has 0 spiro atoms. The molecule has 0 bridgehead atoms. The predicted molar refractivity (Wildman–Crippen MR) is 82.0 cm³/mol. The fourth-order valence-electron chi connectivity index (χ4n) is 1.93. The molecule has 88 valence electrons. The smallest absolute Gasteiger partial charge is 0.0489 e. The van der Waals surface area contributed by atoms with Crippen LogP contribution in [0.3, 0.4) is 0 Å². The Balaban J connectivity index is 2.18. The SMILES string of the molecule is Cc1cc(-c2cc3sc(C)c(C)c3s2)sc1C. The van der Waals surface area contributed by atoms with Crippen molar-refractivity contribution in [2.75, 3.05) is 0 Å². The van der Waals surface area contributed by atoms with Gasteiger partial charge in [-0.15, -0.1) is 34.0 Å². The molecule has 0 amide bonds. The average molecular weight is 278 g/mol. The monoisotopic (exact) mass is 278 g/mol. The lowest BCUT2D eigenvalue weighted by molar-refractivity contribution is 1.44. The molecule has 0 aliphatic rings. The van der Waals surface area contributed by atoms with E-state index in [2.05, 4.69) is 39.8 Å². The van der Waals surface area contributed by atoms with E-state index >= 15 is 0 Å². The standard InChI is InChI=1S/C14H14S3/c1-7-5-11(15-9(7)3)12-6-13-14(17-12)8(2)10(4)16-13/h5-6H,1-4H3. The fourth-order valence-corrected chi connectivity index (χ4v) is 5.54. The Bertz CT molecular complexity index is 675. The molecule has 0 saturated carbocycles. The van der Waals surface area contributed by atoms with Gasteiger partial charge in [-0.2, -0.15) is 0 Å². The third-order valence-electron chi connectivity index (χ3n) is 3.24. The lowest BCUT2D eigenvalue weighted by Gasteiger charge is -1.90. The van der Waals surface area contributed by atoms with Gasteiger partial charge in [0.15, 0.2) is 0 Å². The van der Waals surface area contributed by atoms with E-state index in [0.29, 0.717) is 0 Å². The summed E-state index contributed by atoms with van der Waals surface area (Å²) in [6, 6.07) is 4.67. The van der Waals surface area contributed by atoms with Crippen LogP contribution in [0.15, 0.2) is 12.1 Å². The van der Waals surface area contributed by atoms with Crippen molar-refractivity contribution >= 4 is 43.4 Å². The lowest BCUT2D eigenvalue weighted by atomic mass is 10.2. The molecule has 3 aromatic heterocycles. The second-order valence-corrected chi connectivity index (χ2v) is 8.00. The summed E-state index contributed by atoms with van der Waals surface area (Å²) in [6.07, 6.45) is 0. The van der Waals surface area contributed by atoms with Crippen LogP contribution in [0, 0.1) is 27.7 Å². The van der Waals surface area contributed by atoms with Crippen LogP contribution in [0.4, 0.5) is 0 Å². The maximum Gasteiger partial charge on any atom is 0.0489 e. The zero-order valence-corrected chi connectivity index (χ0v) is 12.8. The summed E-state index contributed by atoms with van der Waals surface area (Å²) in [5.41, 5.74) is 2.88. The van der Waals surface area contributed by atoms with Crippen molar-refractivity contribution in [3.8, 4) is 9.75 Å². The van der Waals surface area contributed by atoms with Crippen LogP contribution in [-0.2, 0) is 0 Å². The molecule has 0 atom stereocenters. The molecule has 0 fully saturated rings. The van der Waals surface area contributed by atoms with Gasteiger partial charge >= 0.3 is 0 Å². The molecule has 0 aliphatic heterocycles. The van der Waals surface area contributed by atoms with Gasteiger partial charge in [0.05, 0.1) is 0 Å². The van der Waals surface area contributed by atoms with Crippen molar-refractivity contribution in [1.82, 2.24) is 0 Å². The van der Waals surface area contributed by atoms with Crippen molar-refractivity contribution in [1.29, 1.82) is 0 Å². The van der Waals surface area contributed by atoms with Gasteiger partial charge in [-0.3, -0.25) is 0 Å². The molecule has 17 heavy (non-hydrogen) atoms. The summed E-state index contributed by atoms with van der Waals surface area (Å²) in [7, 11) is 0. The summed E-state index contributed by atoms with van der Waals surface area (Å²) in [4.78, 5) is 5.74. The molecule has 0 N–H and O–H groups in total. The van der Waals surface area contributed by atoms with Crippen LogP contribution in [0.5, 0.6) is 0 Å². The minimum atomic E-state index is 1.41. The number of thiophene rings is 3. The van der Waals surface area contributed by atoms with Gasteiger partial charge in [0.1, 0.15) is 0 Å². The normalized spacial score (nSPS) is 11.5. The molecular weight excluding hydrogens is 264 g/mol. The van der Waals surface area contributed by atoms with Crippen molar-refractivity contribution < 1.29 is 0 Å². The molecule has 0 aliphatic carbocycles. The zero-order chi connectivity index (χ0) is 12.2. The molecule has 0 aromatic carbocycles. The second kappa shape index (κ2) is 3.94. The first-order chi connectivity index (χ1) is 8.06. The highest BCUT2D eigenvalue weighted by atomic mass is 32.1. The molecule has 0 radical (unpaired) electrons. The van der Waals surface area contributed by atoms with Gasteiger partial charge in [-0.05, 0) is 51.0 Å². The minimum absolute atomic E-state index is 1.41. The zero-order valence-electron chi connectivity index (χ0n) is 10.4. The quantitative estimate of drug-likeness (QED) is 0.518. The van der Waals surface area contributed by atoms with Crippen LogP contribution >= 0.6 is 34.0 Å². The average Bonchev–Trinajstić information content (AvgIpc) is 2.88. The second-order valence-electron chi connectivity index (χ2n) is 4.44. The third-order valence-corrected chi connectivity index (χ3v) is 7.12. The maximum atomic E-state index is 2.36. The number of aryl methyl sites for hydroxylation is 4. The maximum absolute atomic E-state index is 2.36. The Hall–Kier alpha value is -0.640. The van der Waals surface area contributed by atoms with Crippen molar-refractivity contribution in [3.63, 3.8) is 0 Å². The van der Waals surface area contributed by atoms with Gasteiger partial charge in [0.2, 0.25) is 0 Å². The molecule has 0 saturated heterocycles. The van der Waals surface area contributed by atoms with Crippen LogP contribution in [0.25, 0.3) is 19.2 Å². The molecule has 3 rings (SSSR count). The topological polar surface area (TPSA) is 0 Å². The summed E-state index contributed by atoms with van der Waals surface area (Å²) < 4.78 is 2.93. The van der Waals surface area contributed by atoms with Crippen molar-refractivity contribution in [2.24, 2.45) is 0 Å². The minimum Gasteiger partial charge on any atom is -0.139 e. The number of fused-ring (bicyclic) bond motifs is 1. The van der Waals surface area contributed by atoms with Gasteiger partial charge in [0.25, 0.3) is 0 Å². The van der Waals surface area contributed by atoms with E-state index < -0.39 is 0 Å². The summed E-state index contributed by atoms with van der Waals surface area (Å²) in [5.74, 6) is 0. The Morgan fingerprint density at radius 1 is 0.765 bits per heavy atom. The van der Waals surface area contributed by atoms with Crippen LogP contribution in [0.2, 0.25) is 0 Å². The van der Waals surface area contributed by atoms with Crippen LogP contribution < -0.4 is 0 Å². The van der Waals surface area contributed by atoms with E-state index in [0.717, 1.165) is 0 Å². The van der Waals surface area contributed by atoms with E-state index in [1.807, 2.05) is 34.0 Å². The molecule has 3 heterocycles. The first-order valence-electron chi connectivity index (χ1n) is 5.63. The largest absolute Gasteiger partial charge is 0.139 e. The highest BCUT2D eigenvalue weighted by molar-refractivity contribution is 7.31. The highest BCUT2D eigenvalue weighted by Gasteiger charge is 2.12. The molecule has 0 unspecified atom stereocenters. The van der Waals surface area contributed by atoms with Crippen LogP contribution in [-0.4, -0.2) is 0 Å². The first-order valence-corrected chi connectivity index (χ1v) is 8.08. The molecule has 0 nitrogen and oxygen atoms in total. The van der Waals surface area contributed by atoms with Crippen molar-refractivity contribution in [3.05, 3.63) is 33.0 Å². The summed E-state index contributed by atoms with van der Waals surface area (Å²) >= 11 is 5.77. The van der Waals surface area contributed by atoms with E-state index in [-0.39, 0.29) is 0 Å². The van der Waals surface area contributed by atoms with Crippen LogP contribution in [0.1, 0.15) is 20.9 Å². The third kappa shape index (κ3) is 1.77. The van der Waals surface area contributed by atoms with Gasteiger partial charge in [-0.25, -0.2) is 0 Å². The van der Waals surface area contributed by atoms with Crippen molar-refractivity contribution in [2.45, 2.75) is 27.7 Å². The molecular formula is C14H14S3. The summed E-state index contributed by atoms with van der Waals surface area (Å²) in [5, 5.41) is 0. The Morgan fingerprint density at radius 2 is 1.47 bits per heavy atom. The molecule has 3 aromatic rings. The van der Waals surface area contributed by atoms with Gasteiger partial charge < -0.3 is 0 Å². The lowest BCUT2D eigenvalue weighted by Crippen LogP contribution is -1.65. The first kappa shape index (κ1) is 11.5. The number of hydrogen-bond donors (Lipinski definition) is 0. The van der Waals surface area contributed by atoms with E-state index in [1.54, 1.807) is 0 Å². The number of hydrogen-bond acceptors (Lipinski definition) is 3. The fraction of sp³-hybridized carbons (Fsp3) is 0.286. The van der Waals surface area contributed by atoms with E-state index in [4.69, 9.17) is 0 Å². The Labute approximate surface area is 114 Å². The highest BCUT2D eigenvalue weighted by Crippen LogP contribution is 2.43. The number of rotatable bonds is 1. The molecule has 3 heteroatoms. The Kier molecular flexibility index (Phi) is 2.65. The Morgan fingerprint density at radius 3 is 2.06 bits per heavy atom. The van der Waals surface area contributed by atoms with E-state index in [9.17, 15) is 0 Å². The summed E-state index contributed by atoms with van der Waals surface area (Å²) in [6.45, 7) is 8.85. The predicted octanol–water partition coefficient (Wildman–Crippen LogP) is 5.92. The van der Waals surface area contributed by atoms with Gasteiger partial charge in [-0.1, -0.05) is 0 Å². The van der Waals surface area contributed by atoms with E-state index in [1.165, 1.54) is 40.0 Å². The van der Waals surface area contributed by atoms with Gasteiger partial charge in [0, 0.05) is 28.9 Å².